The number of nitrogens with zero attached hydrogens (tertiary/aromatic N) is 1. The summed E-state index contributed by atoms with van der Waals surface area (Å²) in [5, 5.41) is 3.32. The third kappa shape index (κ3) is 4.21. The monoisotopic (exact) mass is 290 g/mol. The summed E-state index contributed by atoms with van der Waals surface area (Å²) in [5.74, 6) is -0.144. The maximum absolute atomic E-state index is 12.1. The summed E-state index contributed by atoms with van der Waals surface area (Å²) >= 11 is 0. The average molecular weight is 290 g/mol. The number of nitrogens with one attached hydrogen (secondary N) is 1. The summed E-state index contributed by atoms with van der Waals surface area (Å²) in [6.45, 7) is 6.89. The first-order chi connectivity index (χ1) is 10.3. The molecule has 2 rings (SSSR count). The molecule has 0 fully saturated rings. The molecular formula is C17H26N2O2. The van der Waals surface area contributed by atoms with E-state index in [4.69, 9.17) is 4.74 Å². The number of carbonyl (C=O) groups excluding carboxylic acids is 1. The molecule has 1 N–H and O–H groups in total. The van der Waals surface area contributed by atoms with Crippen molar-refractivity contribution in [2.45, 2.75) is 39.2 Å². The number of benzene rings is 1. The van der Waals surface area contributed by atoms with Gasteiger partial charge in [-0.05, 0) is 44.4 Å². The Hall–Kier alpha value is -1.55. The normalized spacial score (nSPS) is 15.4. The lowest BCUT2D eigenvalue weighted by Gasteiger charge is -2.33. The van der Waals surface area contributed by atoms with Gasteiger partial charge in [-0.2, -0.15) is 0 Å². The van der Waals surface area contributed by atoms with E-state index in [9.17, 15) is 4.79 Å². The van der Waals surface area contributed by atoms with Crippen molar-refractivity contribution in [1.29, 1.82) is 0 Å². The SMILES string of the molecule is CCCNC(CN1CCCc2ccccc21)C(=O)OCC. The zero-order chi connectivity index (χ0) is 15.1. The molecule has 0 aliphatic carbocycles. The third-order valence-corrected chi connectivity index (χ3v) is 3.82. The Bertz CT molecular complexity index is 462. The fraction of sp³-hybridized carbons (Fsp3) is 0.588. The van der Waals surface area contributed by atoms with Gasteiger partial charge in [0.15, 0.2) is 0 Å². The summed E-state index contributed by atoms with van der Waals surface area (Å²) in [4.78, 5) is 14.4. The zero-order valence-corrected chi connectivity index (χ0v) is 13.1. The molecule has 0 aromatic heterocycles. The highest BCUT2D eigenvalue weighted by molar-refractivity contribution is 5.77. The van der Waals surface area contributed by atoms with Crippen LogP contribution in [0.1, 0.15) is 32.3 Å². The quantitative estimate of drug-likeness (QED) is 0.783. The van der Waals surface area contributed by atoms with E-state index >= 15 is 0 Å². The van der Waals surface area contributed by atoms with E-state index in [1.165, 1.54) is 11.3 Å². The smallest absolute Gasteiger partial charge is 0.324 e. The Morgan fingerprint density at radius 2 is 2.19 bits per heavy atom. The summed E-state index contributed by atoms with van der Waals surface area (Å²) in [7, 11) is 0. The first kappa shape index (κ1) is 15.8. The van der Waals surface area contributed by atoms with Crippen molar-refractivity contribution in [2.24, 2.45) is 0 Å². The summed E-state index contributed by atoms with van der Waals surface area (Å²) in [6, 6.07) is 8.23. The summed E-state index contributed by atoms with van der Waals surface area (Å²) in [5.41, 5.74) is 2.64. The van der Waals surface area contributed by atoms with Gasteiger partial charge in [-0.1, -0.05) is 25.1 Å². The van der Waals surface area contributed by atoms with Gasteiger partial charge >= 0.3 is 5.97 Å². The Kier molecular flexibility index (Phi) is 6.05. The lowest BCUT2D eigenvalue weighted by Crippen LogP contribution is -2.48. The minimum Gasteiger partial charge on any atom is -0.465 e. The molecule has 116 valence electrons. The number of anilines is 1. The number of aryl methyl sites for hydroxylation is 1. The predicted molar refractivity (Wildman–Crippen MR) is 85.7 cm³/mol. The minimum atomic E-state index is -0.254. The van der Waals surface area contributed by atoms with Crippen molar-refractivity contribution >= 4 is 11.7 Å². The number of hydrogen-bond donors (Lipinski definition) is 1. The van der Waals surface area contributed by atoms with E-state index < -0.39 is 0 Å². The molecule has 4 heteroatoms. The molecule has 0 radical (unpaired) electrons. The molecule has 4 nitrogen and oxygen atoms in total. The van der Waals surface area contributed by atoms with Gasteiger partial charge in [0.05, 0.1) is 6.61 Å². The molecule has 1 unspecified atom stereocenters. The standard InChI is InChI=1S/C17H26N2O2/c1-3-11-18-15(17(20)21-4-2)13-19-12-7-9-14-8-5-6-10-16(14)19/h5-6,8,10,15,18H,3-4,7,9,11-13H2,1-2H3. The molecule has 1 heterocycles. The van der Waals surface area contributed by atoms with E-state index in [-0.39, 0.29) is 12.0 Å². The Balaban J connectivity index is 2.07. The van der Waals surface area contributed by atoms with Crippen LogP contribution in [-0.2, 0) is 16.0 Å². The zero-order valence-electron chi connectivity index (χ0n) is 13.1. The fourth-order valence-electron chi connectivity index (χ4n) is 2.81. The van der Waals surface area contributed by atoms with E-state index in [0.717, 1.165) is 32.4 Å². The first-order valence-electron chi connectivity index (χ1n) is 7.99. The van der Waals surface area contributed by atoms with E-state index in [0.29, 0.717) is 13.2 Å². The molecule has 21 heavy (non-hydrogen) atoms. The highest BCUT2D eigenvalue weighted by Gasteiger charge is 2.25. The molecular weight excluding hydrogens is 264 g/mol. The molecule has 1 atom stereocenters. The van der Waals surface area contributed by atoms with Gasteiger partial charge in [-0.25, -0.2) is 0 Å². The molecule has 1 aliphatic rings. The Morgan fingerprint density at radius 1 is 1.38 bits per heavy atom. The van der Waals surface area contributed by atoms with Crippen LogP contribution in [-0.4, -0.2) is 38.3 Å². The van der Waals surface area contributed by atoms with Crippen LogP contribution in [0.4, 0.5) is 5.69 Å². The summed E-state index contributed by atoms with van der Waals surface area (Å²) in [6.07, 6.45) is 3.27. The molecule has 1 aliphatic heterocycles. The van der Waals surface area contributed by atoms with Gasteiger partial charge < -0.3 is 15.0 Å². The number of hydrogen-bond acceptors (Lipinski definition) is 4. The van der Waals surface area contributed by atoms with Gasteiger partial charge in [-0.15, -0.1) is 0 Å². The van der Waals surface area contributed by atoms with Gasteiger partial charge in [0.1, 0.15) is 6.04 Å². The number of rotatable bonds is 7. The van der Waals surface area contributed by atoms with Crippen LogP contribution in [0.25, 0.3) is 0 Å². The second-order valence-corrected chi connectivity index (χ2v) is 5.44. The minimum absolute atomic E-state index is 0.144. The second-order valence-electron chi connectivity index (χ2n) is 5.44. The van der Waals surface area contributed by atoms with Crippen LogP contribution < -0.4 is 10.2 Å². The summed E-state index contributed by atoms with van der Waals surface area (Å²) < 4.78 is 5.20. The van der Waals surface area contributed by atoms with Crippen LogP contribution in [0.15, 0.2) is 24.3 Å². The van der Waals surface area contributed by atoms with Crippen molar-refractivity contribution in [3.05, 3.63) is 29.8 Å². The maximum Gasteiger partial charge on any atom is 0.324 e. The van der Waals surface area contributed by atoms with Crippen LogP contribution in [0.3, 0.4) is 0 Å². The predicted octanol–water partition coefficient (Wildman–Crippen LogP) is 2.37. The van der Waals surface area contributed by atoms with Crippen molar-refractivity contribution < 1.29 is 9.53 Å². The molecule has 1 aromatic carbocycles. The van der Waals surface area contributed by atoms with Crippen molar-refractivity contribution in [3.63, 3.8) is 0 Å². The van der Waals surface area contributed by atoms with E-state index in [2.05, 4.69) is 41.4 Å². The van der Waals surface area contributed by atoms with Gasteiger partial charge in [0.25, 0.3) is 0 Å². The first-order valence-corrected chi connectivity index (χ1v) is 7.99. The molecule has 0 amide bonds. The lowest BCUT2D eigenvalue weighted by atomic mass is 10.0. The molecule has 1 aromatic rings. The molecule has 0 bridgehead atoms. The molecule has 0 saturated carbocycles. The Labute approximate surface area is 127 Å². The largest absolute Gasteiger partial charge is 0.465 e. The number of esters is 1. The second kappa shape index (κ2) is 8.03. The van der Waals surface area contributed by atoms with Crippen molar-refractivity contribution in [1.82, 2.24) is 5.32 Å². The van der Waals surface area contributed by atoms with Crippen molar-refractivity contribution in [2.75, 3.05) is 31.1 Å². The maximum atomic E-state index is 12.1. The highest BCUT2D eigenvalue weighted by atomic mass is 16.5. The van der Waals surface area contributed by atoms with Gasteiger partial charge in [-0.3, -0.25) is 4.79 Å². The van der Waals surface area contributed by atoms with Crippen LogP contribution in [0, 0.1) is 0 Å². The van der Waals surface area contributed by atoms with Crippen molar-refractivity contribution in [3.8, 4) is 0 Å². The topological polar surface area (TPSA) is 41.6 Å². The number of ether oxygens (including phenoxy) is 1. The number of fused-ring (bicyclic) bond motifs is 1. The van der Waals surface area contributed by atoms with Crippen LogP contribution in [0.2, 0.25) is 0 Å². The fourth-order valence-corrected chi connectivity index (χ4v) is 2.81. The highest BCUT2D eigenvalue weighted by Crippen LogP contribution is 2.26. The van der Waals surface area contributed by atoms with E-state index in [1.54, 1.807) is 0 Å². The lowest BCUT2D eigenvalue weighted by molar-refractivity contribution is -0.145. The van der Waals surface area contributed by atoms with Gasteiger partial charge in [0.2, 0.25) is 0 Å². The van der Waals surface area contributed by atoms with E-state index in [1.807, 2.05) is 6.92 Å². The van der Waals surface area contributed by atoms with Crippen LogP contribution in [0.5, 0.6) is 0 Å². The number of para-hydroxylation sites is 1. The molecule has 0 spiro atoms. The van der Waals surface area contributed by atoms with Crippen LogP contribution >= 0.6 is 0 Å². The van der Waals surface area contributed by atoms with Gasteiger partial charge in [0, 0.05) is 18.8 Å². The molecule has 0 saturated heterocycles. The average Bonchev–Trinajstić information content (AvgIpc) is 2.51. The Morgan fingerprint density at radius 3 is 2.95 bits per heavy atom. The number of carbonyl (C=O) groups is 1. The third-order valence-electron chi connectivity index (χ3n) is 3.82.